The maximum atomic E-state index is 12.3. The van der Waals surface area contributed by atoms with E-state index in [9.17, 15) is 9.59 Å². The highest BCUT2D eigenvalue weighted by molar-refractivity contribution is 5.71. The molecule has 1 N–H and O–H groups in total. The molecule has 4 aliphatic rings. The van der Waals surface area contributed by atoms with Crippen molar-refractivity contribution in [2.45, 2.75) is 131 Å². The average Bonchev–Trinajstić information content (AvgIpc) is 3.16. The fourth-order valence-electron chi connectivity index (χ4n) is 9.38. The molecule has 8 atom stereocenters. The minimum Gasteiger partial charge on any atom is -0.481 e. The van der Waals surface area contributed by atoms with Crippen LogP contribution in [0.5, 0.6) is 0 Å². The zero-order valence-electron chi connectivity index (χ0n) is 23.7. The number of allylic oxidation sites excluding steroid dienone is 1. The van der Waals surface area contributed by atoms with Crippen LogP contribution in [0.25, 0.3) is 0 Å². The zero-order chi connectivity index (χ0) is 26.1. The van der Waals surface area contributed by atoms with Gasteiger partial charge in [-0.1, -0.05) is 65.5 Å². The van der Waals surface area contributed by atoms with E-state index >= 15 is 0 Å². The van der Waals surface area contributed by atoms with E-state index < -0.39 is 5.97 Å². The minimum absolute atomic E-state index is 0.0315. The number of carboxylic acids is 1. The number of aliphatic carboxylic acids is 1. The first-order chi connectivity index (χ1) is 17.0. The lowest BCUT2D eigenvalue weighted by Gasteiger charge is -2.58. The number of carbonyl (C=O) groups excluding carboxylic acids is 1. The van der Waals surface area contributed by atoms with Gasteiger partial charge < -0.3 is 9.84 Å². The standard InChI is InChI=1S/C32H52O4/c1-21(2)8-6-9-22(3)26-14-15-27-25-13-12-23-20-24(36-30(35)11-7-10-29(33)34)16-18-31(23,4)28(25)17-19-32(26,27)5/h12,21-22,24-28H,6-11,13-20H2,1-5H3,(H,33,34). The van der Waals surface area contributed by atoms with E-state index in [4.69, 9.17) is 9.84 Å². The molecule has 0 saturated heterocycles. The number of carboxylic acid groups (broad SMARTS) is 1. The first kappa shape index (κ1) is 27.7. The molecule has 4 heteroatoms. The van der Waals surface area contributed by atoms with Gasteiger partial charge in [0, 0.05) is 19.3 Å². The van der Waals surface area contributed by atoms with Crippen molar-refractivity contribution >= 4 is 11.9 Å². The summed E-state index contributed by atoms with van der Waals surface area (Å²) in [5, 5.41) is 8.81. The summed E-state index contributed by atoms with van der Waals surface area (Å²) in [5.74, 6) is 3.94. The summed E-state index contributed by atoms with van der Waals surface area (Å²) in [5.41, 5.74) is 2.32. The van der Waals surface area contributed by atoms with Gasteiger partial charge in [-0.25, -0.2) is 0 Å². The molecule has 0 bridgehead atoms. The fraction of sp³-hybridized carbons (Fsp3) is 0.875. The monoisotopic (exact) mass is 500 g/mol. The van der Waals surface area contributed by atoms with Gasteiger partial charge in [-0.3, -0.25) is 9.59 Å². The van der Waals surface area contributed by atoms with Crippen LogP contribution in [-0.2, 0) is 14.3 Å². The second kappa shape index (κ2) is 11.2. The van der Waals surface area contributed by atoms with Crippen molar-refractivity contribution in [3.05, 3.63) is 11.6 Å². The van der Waals surface area contributed by atoms with Gasteiger partial charge in [0.15, 0.2) is 0 Å². The third-order valence-electron chi connectivity index (χ3n) is 11.3. The molecule has 0 aromatic carbocycles. The summed E-state index contributed by atoms with van der Waals surface area (Å²) >= 11 is 0. The molecular formula is C32H52O4. The molecule has 0 amide bonds. The second-order valence-electron chi connectivity index (χ2n) is 13.9. The van der Waals surface area contributed by atoms with E-state index in [-0.39, 0.29) is 30.3 Å². The highest BCUT2D eigenvalue weighted by Gasteiger charge is 2.59. The van der Waals surface area contributed by atoms with E-state index in [1.807, 2.05) is 0 Å². The molecule has 0 aromatic heterocycles. The Bertz CT molecular complexity index is 830. The Balaban J connectivity index is 1.38. The number of ether oxygens (including phenoxy) is 1. The third-order valence-corrected chi connectivity index (χ3v) is 11.3. The third kappa shape index (κ3) is 5.58. The Kier molecular flexibility index (Phi) is 8.62. The lowest BCUT2D eigenvalue weighted by molar-refractivity contribution is -0.151. The Hall–Kier alpha value is -1.32. The van der Waals surface area contributed by atoms with Crippen molar-refractivity contribution in [2.75, 3.05) is 0 Å². The molecule has 36 heavy (non-hydrogen) atoms. The van der Waals surface area contributed by atoms with Crippen molar-refractivity contribution in [1.82, 2.24) is 0 Å². The van der Waals surface area contributed by atoms with Crippen LogP contribution in [0.1, 0.15) is 125 Å². The quantitative estimate of drug-likeness (QED) is 0.242. The average molecular weight is 501 g/mol. The van der Waals surface area contributed by atoms with Gasteiger partial charge in [0.2, 0.25) is 0 Å². The summed E-state index contributed by atoms with van der Waals surface area (Å²) in [6, 6.07) is 0. The highest BCUT2D eigenvalue weighted by atomic mass is 16.5. The van der Waals surface area contributed by atoms with Crippen molar-refractivity contribution in [1.29, 1.82) is 0 Å². The van der Waals surface area contributed by atoms with Crippen LogP contribution in [-0.4, -0.2) is 23.1 Å². The molecule has 0 aliphatic heterocycles. The van der Waals surface area contributed by atoms with E-state index in [0.717, 1.165) is 54.8 Å². The molecule has 0 radical (unpaired) electrons. The number of esters is 1. The van der Waals surface area contributed by atoms with Gasteiger partial charge in [-0.15, -0.1) is 0 Å². The predicted molar refractivity (Wildman–Crippen MR) is 144 cm³/mol. The Labute approximate surface area is 220 Å². The minimum atomic E-state index is -0.851. The number of carbonyl (C=O) groups is 2. The largest absolute Gasteiger partial charge is 0.481 e. The van der Waals surface area contributed by atoms with E-state index in [1.54, 1.807) is 5.57 Å². The molecule has 0 spiro atoms. The zero-order valence-corrected chi connectivity index (χ0v) is 23.7. The van der Waals surface area contributed by atoms with Crippen LogP contribution in [0.4, 0.5) is 0 Å². The number of hydrogen-bond donors (Lipinski definition) is 1. The number of hydrogen-bond acceptors (Lipinski definition) is 3. The van der Waals surface area contributed by atoms with Crippen LogP contribution in [0.3, 0.4) is 0 Å². The maximum Gasteiger partial charge on any atom is 0.306 e. The van der Waals surface area contributed by atoms with Gasteiger partial charge in [-0.2, -0.15) is 0 Å². The van der Waals surface area contributed by atoms with Crippen LogP contribution in [0.15, 0.2) is 11.6 Å². The lowest BCUT2D eigenvalue weighted by atomic mass is 9.47. The van der Waals surface area contributed by atoms with Gasteiger partial charge in [-0.05, 0) is 97.7 Å². The smallest absolute Gasteiger partial charge is 0.306 e. The van der Waals surface area contributed by atoms with Gasteiger partial charge in [0.05, 0.1) is 0 Å². The molecule has 204 valence electrons. The van der Waals surface area contributed by atoms with E-state index in [0.29, 0.717) is 11.8 Å². The molecule has 4 nitrogen and oxygen atoms in total. The summed E-state index contributed by atoms with van der Waals surface area (Å²) in [4.78, 5) is 23.0. The summed E-state index contributed by atoms with van der Waals surface area (Å²) < 4.78 is 5.80. The maximum absolute atomic E-state index is 12.3. The van der Waals surface area contributed by atoms with Crippen LogP contribution >= 0.6 is 0 Å². The SMILES string of the molecule is CC(C)CCCC(C)C1CCC2C3CC=C4CC(OC(=O)CCCC(=O)O)CCC4(C)C3CCC12C. The second-order valence-corrected chi connectivity index (χ2v) is 13.9. The molecule has 0 aromatic rings. The van der Waals surface area contributed by atoms with E-state index in [2.05, 4.69) is 40.7 Å². The summed E-state index contributed by atoms with van der Waals surface area (Å²) in [6.45, 7) is 12.4. The van der Waals surface area contributed by atoms with Crippen molar-refractivity contribution in [2.24, 2.45) is 46.3 Å². The van der Waals surface area contributed by atoms with Gasteiger partial charge >= 0.3 is 11.9 Å². The van der Waals surface area contributed by atoms with Gasteiger partial charge in [0.1, 0.15) is 6.10 Å². The first-order valence-electron chi connectivity index (χ1n) is 15.2. The number of fused-ring (bicyclic) bond motifs is 5. The van der Waals surface area contributed by atoms with Crippen molar-refractivity contribution < 1.29 is 19.4 Å². The highest BCUT2D eigenvalue weighted by Crippen LogP contribution is 2.67. The Morgan fingerprint density at radius 3 is 2.50 bits per heavy atom. The Morgan fingerprint density at radius 1 is 1.00 bits per heavy atom. The molecule has 8 unspecified atom stereocenters. The predicted octanol–water partition coefficient (Wildman–Crippen LogP) is 8.19. The molecule has 3 fully saturated rings. The van der Waals surface area contributed by atoms with Crippen LogP contribution in [0.2, 0.25) is 0 Å². The van der Waals surface area contributed by atoms with Gasteiger partial charge in [0.25, 0.3) is 0 Å². The summed E-state index contributed by atoms with van der Waals surface area (Å²) in [7, 11) is 0. The Morgan fingerprint density at radius 2 is 1.78 bits per heavy atom. The van der Waals surface area contributed by atoms with Crippen LogP contribution in [0, 0.1) is 46.3 Å². The van der Waals surface area contributed by atoms with E-state index in [1.165, 1.54) is 51.4 Å². The topological polar surface area (TPSA) is 63.6 Å². The molecule has 4 aliphatic carbocycles. The normalized spacial score (nSPS) is 38.5. The molecule has 3 saturated carbocycles. The molecule has 4 rings (SSSR count). The van der Waals surface area contributed by atoms with Crippen molar-refractivity contribution in [3.8, 4) is 0 Å². The lowest BCUT2D eigenvalue weighted by Crippen LogP contribution is -2.51. The molecular weight excluding hydrogens is 448 g/mol. The first-order valence-corrected chi connectivity index (χ1v) is 15.2. The van der Waals surface area contributed by atoms with Crippen molar-refractivity contribution in [3.63, 3.8) is 0 Å². The number of rotatable bonds is 10. The van der Waals surface area contributed by atoms with Crippen LogP contribution < -0.4 is 0 Å². The fourth-order valence-corrected chi connectivity index (χ4v) is 9.38. The molecule has 0 heterocycles. The summed E-state index contributed by atoms with van der Waals surface area (Å²) in [6.07, 6.45) is 17.0.